The summed E-state index contributed by atoms with van der Waals surface area (Å²) in [6.07, 6.45) is 2.73. The standard InChI is InChI=1S/C16H25N3O/c1-12(17)14-8-5-9-19(11-14)16(20)15(18)10-13-6-3-2-4-7-13/h2-4,6-7,12,14-15H,5,8-11,17-18H2,1H3/t12-,14-,15+/m1/s1. The smallest absolute Gasteiger partial charge is 0.239 e. The van der Waals surface area contributed by atoms with Gasteiger partial charge in [-0.1, -0.05) is 30.3 Å². The van der Waals surface area contributed by atoms with E-state index in [9.17, 15) is 4.79 Å². The molecule has 20 heavy (non-hydrogen) atoms. The molecule has 0 unspecified atom stereocenters. The molecule has 3 atom stereocenters. The highest BCUT2D eigenvalue weighted by atomic mass is 16.2. The van der Waals surface area contributed by atoms with E-state index in [1.54, 1.807) is 0 Å². The Morgan fingerprint density at radius 3 is 2.70 bits per heavy atom. The van der Waals surface area contributed by atoms with Crippen molar-refractivity contribution >= 4 is 5.91 Å². The summed E-state index contributed by atoms with van der Waals surface area (Å²) in [5.74, 6) is 0.454. The van der Waals surface area contributed by atoms with Gasteiger partial charge in [0.05, 0.1) is 6.04 Å². The summed E-state index contributed by atoms with van der Waals surface area (Å²) in [5, 5.41) is 0. The number of hydrogen-bond acceptors (Lipinski definition) is 3. The third-order valence-electron chi connectivity index (χ3n) is 4.13. The molecule has 4 nitrogen and oxygen atoms in total. The molecule has 1 heterocycles. The van der Waals surface area contributed by atoms with Crippen molar-refractivity contribution in [2.75, 3.05) is 13.1 Å². The highest BCUT2D eigenvalue weighted by molar-refractivity contribution is 5.82. The summed E-state index contributed by atoms with van der Waals surface area (Å²) in [6.45, 7) is 3.58. The van der Waals surface area contributed by atoms with Gasteiger partial charge in [-0.2, -0.15) is 0 Å². The number of piperidine rings is 1. The van der Waals surface area contributed by atoms with Gasteiger partial charge in [0.25, 0.3) is 0 Å². The Bertz CT molecular complexity index is 433. The Morgan fingerprint density at radius 2 is 2.05 bits per heavy atom. The highest BCUT2D eigenvalue weighted by Crippen LogP contribution is 2.19. The van der Waals surface area contributed by atoms with Gasteiger partial charge in [-0.25, -0.2) is 0 Å². The first-order chi connectivity index (χ1) is 9.58. The molecule has 1 fully saturated rings. The van der Waals surface area contributed by atoms with E-state index in [1.165, 1.54) is 0 Å². The molecule has 4 N–H and O–H groups in total. The lowest BCUT2D eigenvalue weighted by Gasteiger charge is -2.36. The predicted molar refractivity (Wildman–Crippen MR) is 81.1 cm³/mol. The summed E-state index contributed by atoms with van der Waals surface area (Å²) >= 11 is 0. The molecule has 0 saturated carbocycles. The van der Waals surface area contributed by atoms with Crippen LogP contribution in [0.2, 0.25) is 0 Å². The number of carbonyl (C=O) groups is 1. The lowest BCUT2D eigenvalue weighted by atomic mass is 9.91. The van der Waals surface area contributed by atoms with Gasteiger partial charge < -0.3 is 16.4 Å². The van der Waals surface area contributed by atoms with Crippen LogP contribution in [-0.4, -0.2) is 36.0 Å². The molecule has 0 aromatic heterocycles. The maximum Gasteiger partial charge on any atom is 0.239 e. The number of likely N-dealkylation sites (tertiary alicyclic amines) is 1. The average Bonchev–Trinajstić information content (AvgIpc) is 2.47. The zero-order valence-corrected chi connectivity index (χ0v) is 12.2. The molecule has 0 aliphatic carbocycles. The van der Waals surface area contributed by atoms with Gasteiger partial charge in [-0.15, -0.1) is 0 Å². The van der Waals surface area contributed by atoms with Crippen molar-refractivity contribution < 1.29 is 4.79 Å². The van der Waals surface area contributed by atoms with Crippen molar-refractivity contribution in [2.45, 2.75) is 38.3 Å². The number of amides is 1. The van der Waals surface area contributed by atoms with E-state index in [2.05, 4.69) is 0 Å². The van der Waals surface area contributed by atoms with Gasteiger partial charge in [0, 0.05) is 19.1 Å². The molecule has 4 heteroatoms. The Morgan fingerprint density at radius 1 is 1.35 bits per heavy atom. The van der Waals surface area contributed by atoms with E-state index in [-0.39, 0.29) is 11.9 Å². The number of nitrogens with zero attached hydrogens (tertiary/aromatic N) is 1. The van der Waals surface area contributed by atoms with Gasteiger partial charge in [0.2, 0.25) is 5.91 Å². The van der Waals surface area contributed by atoms with E-state index < -0.39 is 6.04 Å². The number of rotatable bonds is 4. The fraction of sp³-hybridized carbons (Fsp3) is 0.562. The fourth-order valence-electron chi connectivity index (χ4n) is 2.83. The van der Waals surface area contributed by atoms with Crippen LogP contribution in [0, 0.1) is 5.92 Å². The van der Waals surface area contributed by atoms with E-state index in [4.69, 9.17) is 11.5 Å². The van der Waals surface area contributed by atoms with Crippen LogP contribution in [0.4, 0.5) is 0 Å². The Labute approximate surface area is 121 Å². The van der Waals surface area contributed by atoms with E-state index >= 15 is 0 Å². The molecule has 0 bridgehead atoms. The van der Waals surface area contributed by atoms with Crippen molar-refractivity contribution in [1.29, 1.82) is 0 Å². The molecule has 1 aliphatic heterocycles. The molecule has 110 valence electrons. The van der Waals surface area contributed by atoms with Gasteiger partial charge in [-0.05, 0) is 37.7 Å². The minimum Gasteiger partial charge on any atom is -0.341 e. The van der Waals surface area contributed by atoms with Crippen LogP contribution in [0.15, 0.2) is 30.3 Å². The van der Waals surface area contributed by atoms with Crippen LogP contribution in [0.5, 0.6) is 0 Å². The van der Waals surface area contributed by atoms with Crippen molar-refractivity contribution in [1.82, 2.24) is 4.90 Å². The van der Waals surface area contributed by atoms with Crippen LogP contribution in [0.25, 0.3) is 0 Å². The molecular weight excluding hydrogens is 250 g/mol. The van der Waals surface area contributed by atoms with Gasteiger partial charge >= 0.3 is 0 Å². The first-order valence-electron chi connectivity index (χ1n) is 7.42. The molecular formula is C16H25N3O. The minimum absolute atomic E-state index is 0.0548. The molecule has 1 aromatic carbocycles. The normalized spacial score (nSPS) is 22.4. The van der Waals surface area contributed by atoms with Crippen LogP contribution in [-0.2, 0) is 11.2 Å². The minimum atomic E-state index is -0.454. The fourth-order valence-corrected chi connectivity index (χ4v) is 2.83. The quantitative estimate of drug-likeness (QED) is 0.865. The summed E-state index contributed by atoms with van der Waals surface area (Å²) in [4.78, 5) is 14.3. The van der Waals surface area contributed by atoms with Crippen LogP contribution < -0.4 is 11.5 Å². The maximum absolute atomic E-state index is 12.4. The largest absolute Gasteiger partial charge is 0.341 e. The summed E-state index contributed by atoms with van der Waals surface area (Å²) in [7, 11) is 0. The maximum atomic E-state index is 12.4. The molecule has 2 rings (SSSR count). The van der Waals surface area contributed by atoms with Crippen LogP contribution in [0.3, 0.4) is 0 Å². The van der Waals surface area contributed by atoms with Gasteiger partial charge in [0.1, 0.15) is 0 Å². The molecule has 1 aromatic rings. The number of carbonyl (C=O) groups excluding carboxylic acids is 1. The number of hydrogen-bond donors (Lipinski definition) is 2. The first kappa shape index (κ1) is 15.0. The average molecular weight is 275 g/mol. The second-order valence-corrected chi connectivity index (χ2v) is 5.84. The van der Waals surface area contributed by atoms with Crippen molar-refractivity contribution in [3.05, 3.63) is 35.9 Å². The second-order valence-electron chi connectivity index (χ2n) is 5.84. The van der Waals surface area contributed by atoms with Crippen LogP contribution in [0.1, 0.15) is 25.3 Å². The molecule has 1 saturated heterocycles. The Kier molecular flexibility index (Phi) is 5.15. The summed E-state index contributed by atoms with van der Waals surface area (Å²) in [6, 6.07) is 9.61. The SMILES string of the molecule is C[C@@H](N)[C@@H]1CCCN(C(=O)[C@@H](N)Cc2ccccc2)C1. The molecule has 1 aliphatic rings. The van der Waals surface area contributed by atoms with Gasteiger partial charge in [0.15, 0.2) is 0 Å². The predicted octanol–water partition coefficient (Wildman–Crippen LogP) is 1.14. The van der Waals surface area contributed by atoms with E-state index in [1.807, 2.05) is 42.2 Å². The lowest BCUT2D eigenvalue weighted by molar-refractivity contribution is -0.134. The summed E-state index contributed by atoms with van der Waals surface area (Å²) in [5.41, 5.74) is 13.1. The molecule has 1 amide bonds. The van der Waals surface area contributed by atoms with E-state index in [0.29, 0.717) is 12.3 Å². The third kappa shape index (κ3) is 3.81. The van der Waals surface area contributed by atoms with Crippen LogP contribution >= 0.6 is 0 Å². The highest BCUT2D eigenvalue weighted by Gasteiger charge is 2.28. The number of nitrogens with two attached hydrogens (primary N) is 2. The first-order valence-corrected chi connectivity index (χ1v) is 7.42. The molecule has 0 radical (unpaired) electrons. The third-order valence-corrected chi connectivity index (χ3v) is 4.13. The lowest BCUT2D eigenvalue weighted by Crippen LogP contribution is -2.51. The zero-order valence-electron chi connectivity index (χ0n) is 12.2. The van der Waals surface area contributed by atoms with Crippen molar-refractivity contribution in [3.8, 4) is 0 Å². The Balaban J connectivity index is 1.93. The monoisotopic (exact) mass is 275 g/mol. The summed E-state index contributed by atoms with van der Waals surface area (Å²) < 4.78 is 0. The molecule has 0 spiro atoms. The number of benzene rings is 1. The zero-order chi connectivity index (χ0) is 14.5. The van der Waals surface area contributed by atoms with Gasteiger partial charge in [-0.3, -0.25) is 4.79 Å². The second kappa shape index (κ2) is 6.86. The van der Waals surface area contributed by atoms with Crippen molar-refractivity contribution in [3.63, 3.8) is 0 Å². The Hall–Kier alpha value is -1.39. The van der Waals surface area contributed by atoms with Crippen molar-refractivity contribution in [2.24, 2.45) is 17.4 Å². The van der Waals surface area contributed by atoms with E-state index in [0.717, 1.165) is 31.5 Å². The topological polar surface area (TPSA) is 72.3 Å².